The molecular formula is C15H22N2O2. The third kappa shape index (κ3) is 2.45. The lowest BCUT2D eigenvalue weighted by Gasteiger charge is -2.32. The molecule has 4 heteroatoms. The molecule has 1 aromatic carbocycles. The van der Waals surface area contributed by atoms with E-state index in [9.17, 15) is 4.79 Å². The van der Waals surface area contributed by atoms with Gasteiger partial charge in [-0.1, -0.05) is 26.8 Å². The van der Waals surface area contributed by atoms with Crippen LogP contribution >= 0.6 is 0 Å². The van der Waals surface area contributed by atoms with Crippen LogP contribution in [0.15, 0.2) is 18.2 Å². The molecule has 0 radical (unpaired) electrons. The number of anilines is 1. The summed E-state index contributed by atoms with van der Waals surface area (Å²) in [5.41, 5.74) is 8.00. The molecule has 0 bridgehead atoms. The van der Waals surface area contributed by atoms with Crippen LogP contribution in [0.2, 0.25) is 0 Å². The third-order valence-electron chi connectivity index (χ3n) is 3.69. The Balaban J connectivity index is 2.38. The molecule has 2 unspecified atom stereocenters. The fourth-order valence-electron chi connectivity index (χ4n) is 2.28. The molecule has 1 aliphatic rings. The summed E-state index contributed by atoms with van der Waals surface area (Å²) in [6.45, 7) is 6.12. The van der Waals surface area contributed by atoms with E-state index in [0.29, 0.717) is 12.3 Å². The minimum atomic E-state index is -0.373. The number of amides is 1. The zero-order valence-corrected chi connectivity index (χ0v) is 12.0. The number of carbonyl (C=O) groups is 1. The van der Waals surface area contributed by atoms with Crippen LogP contribution in [0.1, 0.15) is 38.8 Å². The standard InChI is InChI=1S/C15H22N2O2/c1-5-12-15(18)17(4)11-8-10(14(16)9(2)3)6-7-13(11)19-12/h6-9,12,14H,5,16H2,1-4H3. The summed E-state index contributed by atoms with van der Waals surface area (Å²) < 4.78 is 5.73. The second kappa shape index (κ2) is 5.21. The summed E-state index contributed by atoms with van der Waals surface area (Å²) in [6, 6.07) is 5.83. The molecule has 0 saturated carbocycles. The van der Waals surface area contributed by atoms with Crippen molar-refractivity contribution in [2.24, 2.45) is 11.7 Å². The van der Waals surface area contributed by atoms with Crippen LogP contribution in [0.5, 0.6) is 5.75 Å². The molecule has 104 valence electrons. The molecule has 2 atom stereocenters. The lowest BCUT2D eigenvalue weighted by Crippen LogP contribution is -2.43. The molecule has 0 saturated heterocycles. The molecular weight excluding hydrogens is 240 g/mol. The predicted molar refractivity (Wildman–Crippen MR) is 76.3 cm³/mol. The normalized spacial score (nSPS) is 20.2. The van der Waals surface area contributed by atoms with Crippen LogP contribution in [-0.4, -0.2) is 19.1 Å². The second-order valence-corrected chi connectivity index (χ2v) is 5.41. The molecule has 1 aliphatic heterocycles. The topological polar surface area (TPSA) is 55.6 Å². The number of ether oxygens (including phenoxy) is 1. The molecule has 1 aromatic rings. The van der Waals surface area contributed by atoms with Gasteiger partial charge in [0.2, 0.25) is 0 Å². The first kappa shape index (κ1) is 13.9. The maximum atomic E-state index is 12.1. The highest BCUT2D eigenvalue weighted by Gasteiger charge is 2.31. The van der Waals surface area contributed by atoms with Crippen molar-refractivity contribution in [2.45, 2.75) is 39.3 Å². The zero-order chi connectivity index (χ0) is 14.2. The van der Waals surface area contributed by atoms with E-state index in [1.165, 1.54) is 0 Å². The minimum Gasteiger partial charge on any atom is -0.478 e. The monoisotopic (exact) mass is 262 g/mol. The van der Waals surface area contributed by atoms with Crippen LogP contribution in [-0.2, 0) is 4.79 Å². The van der Waals surface area contributed by atoms with Gasteiger partial charge in [0.15, 0.2) is 6.10 Å². The molecule has 2 rings (SSSR count). The van der Waals surface area contributed by atoms with Crippen molar-refractivity contribution in [1.29, 1.82) is 0 Å². The van der Waals surface area contributed by atoms with E-state index in [-0.39, 0.29) is 18.1 Å². The van der Waals surface area contributed by atoms with Gasteiger partial charge in [0, 0.05) is 13.1 Å². The zero-order valence-electron chi connectivity index (χ0n) is 12.0. The minimum absolute atomic E-state index is 0.00488. The average Bonchev–Trinajstić information content (AvgIpc) is 2.41. The smallest absolute Gasteiger partial charge is 0.267 e. The summed E-state index contributed by atoms with van der Waals surface area (Å²) in [4.78, 5) is 13.8. The largest absolute Gasteiger partial charge is 0.478 e. The Morgan fingerprint density at radius 2 is 2.11 bits per heavy atom. The Morgan fingerprint density at radius 1 is 1.42 bits per heavy atom. The van der Waals surface area contributed by atoms with Crippen molar-refractivity contribution in [3.05, 3.63) is 23.8 Å². The molecule has 1 heterocycles. The SMILES string of the molecule is CCC1Oc2ccc(C(N)C(C)C)cc2N(C)C1=O. The predicted octanol–water partition coefficient (Wildman–Crippen LogP) is 2.48. The van der Waals surface area contributed by atoms with E-state index in [0.717, 1.165) is 17.0 Å². The maximum absolute atomic E-state index is 12.1. The average molecular weight is 262 g/mol. The first-order chi connectivity index (χ1) is 8.95. The Hall–Kier alpha value is -1.55. The highest BCUT2D eigenvalue weighted by molar-refractivity contribution is 5.99. The number of hydrogen-bond acceptors (Lipinski definition) is 3. The van der Waals surface area contributed by atoms with Gasteiger partial charge in [-0.25, -0.2) is 0 Å². The van der Waals surface area contributed by atoms with Gasteiger partial charge in [0.25, 0.3) is 5.91 Å². The van der Waals surface area contributed by atoms with Crippen molar-refractivity contribution in [2.75, 3.05) is 11.9 Å². The van der Waals surface area contributed by atoms with Crippen molar-refractivity contribution in [3.8, 4) is 5.75 Å². The molecule has 0 aromatic heterocycles. The van der Waals surface area contributed by atoms with Crippen LogP contribution in [0.4, 0.5) is 5.69 Å². The highest BCUT2D eigenvalue weighted by Crippen LogP contribution is 2.36. The Kier molecular flexibility index (Phi) is 3.80. The van der Waals surface area contributed by atoms with E-state index in [4.69, 9.17) is 10.5 Å². The van der Waals surface area contributed by atoms with E-state index in [1.54, 1.807) is 11.9 Å². The van der Waals surface area contributed by atoms with Gasteiger partial charge in [0.05, 0.1) is 5.69 Å². The second-order valence-electron chi connectivity index (χ2n) is 5.41. The summed E-state index contributed by atoms with van der Waals surface area (Å²) in [5.74, 6) is 1.12. The van der Waals surface area contributed by atoms with Gasteiger partial charge >= 0.3 is 0 Å². The van der Waals surface area contributed by atoms with Crippen LogP contribution in [0, 0.1) is 5.92 Å². The Bertz CT molecular complexity index is 485. The highest BCUT2D eigenvalue weighted by atomic mass is 16.5. The van der Waals surface area contributed by atoms with E-state index < -0.39 is 0 Å². The number of nitrogens with zero attached hydrogens (tertiary/aromatic N) is 1. The summed E-state index contributed by atoms with van der Waals surface area (Å²) >= 11 is 0. The van der Waals surface area contributed by atoms with Gasteiger partial charge in [0.1, 0.15) is 5.75 Å². The molecule has 19 heavy (non-hydrogen) atoms. The van der Waals surface area contributed by atoms with E-state index in [1.807, 2.05) is 25.1 Å². The van der Waals surface area contributed by atoms with Gasteiger partial charge in [-0.15, -0.1) is 0 Å². The summed E-state index contributed by atoms with van der Waals surface area (Å²) in [6.07, 6.45) is 0.303. The first-order valence-electron chi connectivity index (χ1n) is 6.79. The number of rotatable bonds is 3. The fourth-order valence-corrected chi connectivity index (χ4v) is 2.28. The van der Waals surface area contributed by atoms with Crippen molar-refractivity contribution in [3.63, 3.8) is 0 Å². The van der Waals surface area contributed by atoms with Crippen molar-refractivity contribution in [1.82, 2.24) is 0 Å². The molecule has 0 aliphatic carbocycles. The van der Waals surface area contributed by atoms with Crippen LogP contribution < -0.4 is 15.4 Å². The molecule has 4 nitrogen and oxygen atoms in total. The van der Waals surface area contributed by atoms with Crippen molar-refractivity contribution >= 4 is 11.6 Å². The fraction of sp³-hybridized carbons (Fsp3) is 0.533. The van der Waals surface area contributed by atoms with Crippen LogP contribution in [0.25, 0.3) is 0 Å². The molecule has 0 fully saturated rings. The van der Waals surface area contributed by atoms with Gasteiger partial charge < -0.3 is 15.4 Å². The van der Waals surface area contributed by atoms with Gasteiger partial charge in [-0.05, 0) is 30.0 Å². The number of benzene rings is 1. The van der Waals surface area contributed by atoms with Crippen molar-refractivity contribution < 1.29 is 9.53 Å². The number of nitrogens with two attached hydrogens (primary N) is 1. The van der Waals surface area contributed by atoms with E-state index in [2.05, 4.69) is 13.8 Å². The first-order valence-corrected chi connectivity index (χ1v) is 6.79. The quantitative estimate of drug-likeness (QED) is 0.910. The number of hydrogen-bond donors (Lipinski definition) is 1. The molecule has 2 N–H and O–H groups in total. The van der Waals surface area contributed by atoms with Crippen LogP contribution in [0.3, 0.4) is 0 Å². The molecule has 0 spiro atoms. The lowest BCUT2D eigenvalue weighted by molar-refractivity contribution is -0.126. The Labute approximate surface area is 114 Å². The lowest BCUT2D eigenvalue weighted by atomic mass is 9.96. The number of fused-ring (bicyclic) bond motifs is 1. The van der Waals surface area contributed by atoms with E-state index >= 15 is 0 Å². The maximum Gasteiger partial charge on any atom is 0.267 e. The summed E-state index contributed by atoms with van der Waals surface area (Å²) in [7, 11) is 1.79. The van der Waals surface area contributed by atoms with Gasteiger partial charge in [-0.3, -0.25) is 4.79 Å². The third-order valence-corrected chi connectivity index (χ3v) is 3.69. The number of likely N-dealkylation sites (N-methyl/N-ethyl adjacent to an activating group) is 1. The summed E-state index contributed by atoms with van der Waals surface area (Å²) in [5, 5.41) is 0. The Morgan fingerprint density at radius 3 is 2.68 bits per heavy atom. The number of carbonyl (C=O) groups excluding carboxylic acids is 1. The molecule has 1 amide bonds. The van der Waals surface area contributed by atoms with Gasteiger partial charge in [-0.2, -0.15) is 0 Å².